The van der Waals surface area contributed by atoms with Gasteiger partial charge in [0.2, 0.25) is 0 Å². The van der Waals surface area contributed by atoms with E-state index < -0.39 is 0 Å². The number of nitrogens with one attached hydrogen (secondary N) is 1. The molecule has 33 heavy (non-hydrogen) atoms. The van der Waals surface area contributed by atoms with Gasteiger partial charge in [0.25, 0.3) is 5.91 Å². The van der Waals surface area contributed by atoms with Crippen LogP contribution in [0.1, 0.15) is 40.2 Å². The molecule has 4 rings (SSSR count). The van der Waals surface area contributed by atoms with Crippen molar-refractivity contribution in [1.82, 2.24) is 15.4 Å². The van der Waals surface area contributed by atoms with E-state index in [1.54, 1.807) is 18.9 Å². The van der Waals surface area contributed by atoms with Crippen LogP contribution in [0.15, 0.2) is 64.0 Å². The van der Waals surface area contributed by atoms with Crippen molar-refractivity contribution in [3.05, 3.63) is 77.2 Å². The molecule has 0 bridgehead atoms. The van der Waals surface area contributed by atoms with Crippen LogP contribution in [0.2, 0.25) is 0 Å². The number of thioether (sulfide) groups is 1. The van der Waals surface area contributed by atoms with E-state index in [0.29, 0.717) is 11.7 Å². The first-order chi connectivity index (χ1) is 16.1. The van der Waals surface area contributed by atoms with Crippen molar-refractivity contribution >= 4 is 17.7 Å². The molecule has 2 heterocycles. The van der Waals surface area contributed by atoms with Crippen molar-refractivity contribution in [2.45, 2.75) is 37.0 Å². The maximum absolute atomic E-state index is 12.9. The van der Waals surface area contributed by atoms with Crippen molar-refractivity contribution in [3.63, 3.8) is 0 Å². The summed E-state index contributed by atoms with van der Waals surface area (Å²) in [5.41, 5.74) is 2.89. The molecular weight excluding hydrogens is 434 g/mol. The third kappa shape index (κ3) is 6.62. The Morgan fingerprint density at radius 3 is 2.64 bits per heavy atom. The minimum atomic E-state index is -0.00693. The number of rotatable bonds is 9. The van der Waals surface area contributed by atoms with Gasteiger partial charge in [0.05, 0.1) is 24.1 Å². The molecule has 6 nitrogen and oxygen atoms in total. The van der Waals surface area contributed by atoms with Gasteiger partial charge in [-0.2, -0.15) is 0 Å². The number of benzene rings is 2. The zero-order valence-corrected chi connectivity index (χ0v) is 20.1. The second kappa shape index (κ2) is 11.4. The molecule has 174 valence electrons. The average Bonchev–Trinajstić information content (AvgIpc) is 3.28. The van der Waals surface area contributed by atoms with E-state index in [2.05, 4.69) is 27.5 Å². The predicted molar refractivity (Wildman–Crippen MR) is 131 cm³/mol. The van der Waals surface area contributed by atoms with Gasteiger partial charge in [-0.25, -0.2) is 0 Å². The predicted octanol–water partition coefficient (Wildman–Crippen LogP) is 4.93. The number of methoxy groups -OCH3 is 1. The van der Waals surface area contributed by atoms with Crippen molar-refractivity contribution in [1.29, 1.82) is 0 Å². The maximum Gasteiger partial charge on any atom is 0.252 e. The third-order valence-corrected chi connectivity index (χ3v) is 7.10. The molecule has 0 saturated carbocycles. The van der Waals surface area contributed by atoms with Crippen molar-refractivity contribution < 1.29 is 14.1 Å². The molecule has 0 aliphatic carbocycles. The van der Waals surface area contributed by atoms with Gasteiger partial charge in [0.1, 0.15) is 11.5 Å². The Bertz CT molecular complexity index is 1040. The van der Waals surface area contributed by atoms with E-state index >= 15 is 0 Å². The van der Waals surface area contributed by atoms with Crippen LogP contribution in [-0.2, 0) is 12.3 Å². The summed E-state index contributed by atoms with van der Waals surface area (Å²) in [6, 6.07) is 18.0. The summed E-state index contributed by atoms with van der Waals surface area (Å²) in [5.74, 6) is 2.86. The molecule has 3 aromatic rings. The lowest BCUT2D eigenvalue weighted by Gasteiger charge is -2.32. The molecular formula is C26H31N3O3S. The van der Waals surface area contributed by atoms with Crippen molar-refractivity contribution in [3.8, 4) is 5.75 Å². The second-order valence-corrected chi connectivity index (χ2v) is 9.51. The van der Waals surface area contributed by atoms with Gasteiger partial charge in [-0.1, -0.05) is 29.4 Å². The van der Waals surface area contributed by atoms with E-state index in [-0.39, 0.29) is 5.91 Å². The molecule has 1 amide bonds. The first kappa shape index (κ1) is 23.4. The molecule has 1 aliphatic rings. The largest absolute Gasteiger partial charge is 0.497 e. The fourth-order valence-corrected chi connectivity index (χ4v) is 5.01. The molecule has 2 aromatic carbocycles. The lowest BCUT2D eigenvalue weighted by Crippen LogP contribution is -2.38. The Kier molecular flexibility index (Phi) is 8.07. The highest BCUT2D eigenvalue weighted by Gasteiger charge is 2.21. The number of hydrogen-bond acceptors (Lipinski definition) is 6. The average molecular weight is 466 g/mol. The monoisotopic (exact) mass is 465 g/mol. The highest BCUT2D eigenvalue weighted by atomic mass is 32.2. The Morgan fingerprint density at radius 1 is 1.18 bits per heavy atom. The van der Waals surface area contributed by atoms with E-state index in [9.17, 15) is 4.79 Å². The molecule has 0 atom stereocenters. The molecule has 0 radical (unpaired) electrons. The summed E-state index contributed by atoms with van der Waals surface area (Å²) in [5, 5.41) is 7.10. The first-order valence-electron chi connectivity index (χ1n) is 11.4. The van der Waals surface area contributed by atoms with Gasteiger partial charge in [-0.3, -0.25) is 9.69 Å². The van der Waals surface area contributed by atoms with Gasteiger partial charge in [0.15, 0.2) is 0 Å². The van der Waals surface area contributed by atoms with Crippen LogP contribution < -0.4 is 10.1 Å². The summed E-state index contributed by atoms with van der Waals surface area (Å²) in [6.07, 6.45) is 2.19. The lowest BCUT2D eigenvalue weighted by molar-refractivity contribution is 0.0932. The Labute approximate surface area is 199 Å². The molecule has 0 spiro atoms. The topological polar surface area (TPSA) is 67.6 Å². The quantitative estimate of drug-likeness (QED) is 0.452. The number of likely N-dealkylation sites (tertiary alicyclic amines) is 1. The fourth-order valence-electron chi connectivity index (χ4n) is 4.08. The lowest BCUT2D eigenvalue weighted by atomic mass is 9.96. The summed E-state index contributed by atoms with van der Waals surface area (Å²) in [6.45, 7) is 5.68. The van der Waals surface area contributed by atoms with Gasteiger partial charge in [-0.15, -0.1) is 11.8 Å². The van der Waals surface area contributed by atoms with Crippen molar-refractivity contribution in [2.24, 2.45) is 5.92 Å². The highest BCUT2D eigenvalue weighted by molar-refractivity contribution is 7.98. The third-order valence-electron chi connectivity index (χ3n) is 6.00. The minimum Gasteiger partial charge on any atom is -0.497 e. The van der Waals surface area contributed by atoms with Crippen LogP contribution in [0.5, 0.6) is 5.75 Å². The molecule has 0 unspecified atom stereocenters. The molecule has 1 saturated heterocycles. The molecule has 1 N–H and O–H groups in total. The number of nitrogens with zero attached hydrogens (tertiary/aromatic N) is 2. The number of aryl methyl sites for hydroxylation is 1. The summed E-state index contributed by atoms with van der Waals surface area (Å²) >= 11 is 1.60. The van der Waals surface area contributed by atoms with E-state index in [4.69, 9.17) is 9.26 Å². The van der Waals surface area contributed by atoms with Gasteiger partial charge in [0, 0.05) is 24.1 Å². The number of hydrogen-bond donors (Lipinski definition) is 1. The van der Waals surface area contributed by atoms with Crippen LogP contribution >= 0.6 is 11.8 Å². The number of amides is 1. The normalized spacial score (nSPS) is 14.8. The van der Waals surface area contributed by atoms with Crippen molar-refractivity contribution in [2.75, 3.05) is 26.7 Å². The Hall–Kier alpha value is -2.77. The van der Waals surface area contributed by atoms with E-state index in [0.717, 1.165) is 66.7 Å². The van der Waals surface area contributed by atoms with Crippen LogP contribution in [0.25, 0.3) is 0 Å². The van der Waals surface area contributed by atoms with Gasteiger partial charge >= 0.3 is 0 Å². The minimum absolute atomic E-state index is 0.00693. The highest BCUT2D eigenvalue weighted by Crippen LogP contribution is 2.27. The molecule has 1 aliphatic heterocycles. The summed E-state index contributed by atoms with van der Waals surface area (Å²) in [4.78, 5) is 16.3. The summed E-state index contributed by atoms with van der Waals surface area (Å²) < 4.78 is 10.5. The number of carbonyl (C=O) groups is 1. The second-order valence-electron chi connectivity index (χ2n) is 8.50. The number of ether oxygens (including phenoxy) is 1. The number of aromatic nitrogens is 1. The van der Waals surface area contributed by atoms with Crippen LogP contribution in [0, 0.1) is 12.8 Å². The number of carbonyl (C=O) groups excluding carboxylic acids is 1. The Balaban J connectivity index is 1.23. The molecule has 1 fully saturated rings. The van der Waals surface area contributed by atoms with Crippen LogP contribution in [0.4, 0.5) is 0 Å². The van der Waals surface area contributed by atoms with Gasteiger partial charge < -0.3 is 14.6 Å². The smallest absolute Gasteiger partial charge is 0.252 e. The van der Waals surface area contributed by atoms with E-state index in [1.807, 2.05) is 49.4 Å². The SMILES string of the molecule is COc1ccc(CN2CCC(CNC(=O)c3ccccc3SCc3cc(C)no3)CC2)cc1. The van der Waals surface area contributed by atoms with Crippen LogP contribution in [0.3, 0.4) is 0 Å². The van der Waals surface area contributed by atoms with E-state index in [1.165, 1.54) is 5.56 Å². The standard InChI is InChI=1S/C26H31N3O3S/c1-19-15-23(32-28-19)18-33-25-6-4-3-5-24(25)26(30)27-16-20-11-13-29(14-12-20)17-21-7-9-22(31-2)10-8-21/h3-10,15,20H,11-14,16-18H2,1-2H3,(H,27,30). The zero-order chi connectivity index (χ0) is 23.0. The first-order valence-corrected chi connectivity index (χ1v) is 12.4. The number of piperidine rings is 1. The van der Waals surface area contributed by atoms with Crippen LogP contribution in [-0.4, -0.2) is 42.7 Å². The van der Waals surface area contributed by atoms with Gasteiger partial charge in [-0.05, 0) is 68.6 Å². The Morgan fingerprint density at radius 2 is 1.94 bits per heavy atom. The summed E-state index contributed by atoms with van der Waals surface area (Å²) in [7, 11) is 1.69. The molecule has 1 aromatic heterocycles. The molecule has 7 heteroatoms. The fraction of sp³-hybridized carbons (Fsp3) is 0.385. The zero-order valence-electron chi connectivity index (χ0n) is 19.3. The maximum atomic E-state index is 12.9.